The summed E-state index contributed by atoms with van der Waals surface area (Å²) in [7, 11) is 0. The van der Waals surface area contributed by atoms with E-state index in [-0.39, 0.29) is 0 Å². The first-order valence-electron chi connectivity index (χ1n) is 8.36. The Labute approximate surface area is 150 Å². The molecular formula is C20H15ClN4. The molecule has 0 radical (unpaired) electrons. The Hall–Kier alpha value is -2.72. The van der Waals surface area contributed by atoms with Crippen LogP contribution in [0.3, 0.4) is 0 Å². The van der Waals surface area contributed by atoms with E-state index in [0.717, 1.165) is 63.8 Å². The molecule has 5 rings (SSSR count). The van der Waals surface area contributed by atoms with Crippen molar-refractivity contribution < 1.29 is 0 Å². The van der Waals surface area contributed by atoms with Gasteiger partial charge in [-0.15, -0.1) is 0 Å². The van der Waals surface area contributed by atoms with Crippen molar-refractivity contribution in [3.05, 3.63) is 65.7 Å². The van der Waals surface area contributed by atoms with Gasteiger partial charge in [0.2, 0.25) is 0 Å². The van der Waals surface area contributed by atoms with E-state index in [1.807, 2.05) is 24.3 Å². The highest BCUT2D eigenvalue weighted by atomic mass is 35.5. The summed E-state index contributed by atoms with van der Waals surface area (Å²) in [6.07, 6.45) is 5.60. The fourth-order valence-corrected chi connectivity index (χ4v) is 3.76. The lowest BCUT2D eigenvalue weighted by Gasteiger charge is -2.09. The molecule has 0 unspecified atom stereocenters. The van der Waals surface area contributed by atoms with E-state index in [9.17, 15) is 0 Å². The van der Waals surface area contributed by atoms with E-state index in [4.69, 9.17) is 16.6 Å². The molecule has 4 aromatic rings. The standard InChI is InChI=1S/C20H15ClN4/c21-15-4-1-3-13(11-15)19-20(25-10-2-5-18(25)24-19)14-6-7-16-17(12-14)23-9-8-22-16/h1,3-4,6-9,11-12H,2,5,10H2. The minimum absolute atomic E-state index is 0.723. The summed E-state index contributed by atoms with van der Waals surface area (Å²) in [6.45, 7) is 0.997. The maximum atomic E-state index is 6.21. The van der Waals surface area contributed by atoms with E-state index in [1.54, 1.807) is 12.4 Å². The second-order valence-corrected chi connectivity index (χ2v) is 6.69. The van der Waals surface area contributed by atoms with Gasteiger partial charge in [0, 0.05) is 41.5 Å². The Morgan fingerprint density at radius 3 is 2.68 bits per heavy atom. The van der Waals surface area contributed by atoms with Crippen LogP contribution in [0, 0.1) is 0 Å². The second-order valence-electron chi connectivity index (χ2n) is 6.25. The van der Waals surface area contributed by atoms with Crippen LogP contribution < -0.4 is 0 Å². The number of hydrogen-bond acceptors (Lipinski definition) is 3. The van der Waals surface area contributed by atoms with Gasteiger partial charge in [0.1, 0.15) is 5.82 Å². The zero-order valence-electron chi connectivity index (χ0n) is 13.5. The van der Waals surface area contributed by atoms with E-state index in [1.165, 1.54) is 0 Å². The van der Waals surface area contributed by atoms with Crippen LogP contribution in [0.25, 0.3) is 33.5 Å². The van der Waals surface area contributed by atoms with Gasteiger partial charge in [0.25, 0.3) is 0 Å². The number of aryl methyl sites for hydroxylation is 1. The van der Waals surface area contributed by atoms with Crippen LogP contribution >= 0.6 is 11.6 Å². The summed E-state index contributed by atoms with van der Waals surface area (Å²) in [6, 6.07) is 14.1. The Morgan fingerprint density at radius 1 is 0.920 bits per heavy atom. The molecular weight excluding hydrogens is 332 g/mol. The molecule has 0 saturated heterocycles. The molecule has 5 heteroatoms. The summed E-state index contributed by atoms with van der Waals surface area (Å²) >= 11 is 6.21. The predicted molar refractivity (Wildman–Crippen MR) is 99.5 cm³/mol. The molecule has 3 heterocycles. The van der Waals surface area contributed by atoms with Crippen LogP contribution in [-0.2, 0) is 13.0 Å². The quantitative estimate of drug-likeness (QED) is 0.525. The summed E-state index contributed by atoms with van der Waals surface area (Å²) in [5, 5.41) is 0.723. The molecule has 1 aliphatic heterocycles. The highest BCUT2D eigenvalue weighted by Crippen LogP contribution is 2.37. The van der Waals surface area contributed by atoms with E-state index in [2.05, 4.69) is 32.7 Å². The number of imidazole rings is 1. The fourth-order valence-electron chi connectivity index (χ4n) is 3.57. The maximum Gasteiger partial charge on any atom is 0.109 e. The Bertz CT molecular complexity index is 1100. The highest BCUT2D eigenvalue weighted by Gasteiger charge is 2.23. The van der Waals surface area contributed by atoms with Crippen LogP contribution in [0.1, 0.15) is 12.2 Å². The lowest BCUT2D eigenvalue weighted by atomic mass is 10.0. The largest absolute Gasteiger partial charge is 0.327 e. The van der Waals surface area contributed by atoms with Gasteiger partial charge < -0.3 is 4.57 Å². The Balaban J connectivity index is 1.76. The Kier molecular flexibility index (Phi) is 3.31. The molecule has 4 nitrogen and oxygen atoms in total. The molecule has 0 fully saturated rings. The summed E-state index contributed by atoms with van der Waals surface area (Å²) in [4.78, 5) is 13.7. The van der Waals surface area contributed by atoms with Gasteiger partial charge in [0.15, 0.2) is 0 Å². The molecule has 1 aliphatic rings. The van der Waals surface area contributed by atoms with Crippen LogP contribution in [0.5, 0.6) is 0 Å². The second kappa shape index (κ2) is 5.67. The lowest BCUT2D eigenvalue weighted by molar-refractivity contribution is 0.756. The molecule has 0 aliphatic carbocycles. The molecule has 0 amide bonds. The van der Waals surface area contributed by atoms with Crippen molar-refractivity contribution in [2.75, 3.05) is 0 Å². The molecule has 0 atom stereocenters. The van der Waals surface area contributed by atoms with Crippen molar-refractivity contribution in [3.63, 3.8) is 0 Å². The minimum Gasteiger partial charge on any atom is -0.327 e. The number of fused-ring (bicyclic) bond motifs is 2. The van der Waals surface area contributed by atoms with Gasteiger partial charge in [-0.3, -0.25) is 9.97 Å². The average molecular weight is 347 g/mol. The smallest absolute Gasteiger partial charge is 0.109 e. The van der Waals surface area contributed by atoms with Crippen LogP contribution in [0.4, 0.5) is 0 Å². The number of rotatable bonds is 2. The van der Waals surface area contributed by atoms with Gasteiger partial charge in [-0.1, -0.05) is 29.8 Å². The molecule has 0 spiro atoms. The van der Waals surface area contributed by atoms with Crippen LogP contribution in [0.15, 0.2) is 54.9 Å². The number of nitrogens with zero attached hydrogens (tertiary/aromatic N) is 4. The number of aromatic nitrogens is 4. The van der Waals surface area contributed by atoms with Gasteiger partial charge in [-0.05, 0) is 30.7 Å². The molecule has 0 saturated carbocycles. The van der Waals surface area contributed by atoms with Crippen LogP contribution in [0.2, 0.25) is 5.02 Å². The lowest BCUT2D eigenvalue weighted by Crippen LogP contribution is -1.97. The predicted octanol–water partition coefficient (Wildman–Crippen LogP) is 4.76. The molecule has 0 N–H and O–H groups in total. The number of halogens is 1. The number of hydrogen-bond donors (Lipinski definition) is 0. The summed E-state index contributed by atoms with van der Waals surface area (Å²) < 4.78 is 2.33. The summed E-state index contributed by atoms with van der Waals surface area (Å²) in [5.41, 5.74) is 6.08. The van der Waals surface area contributed by atoms with E-state index >= 15 is 0 Å². The molecule has 2 aromatic carbocycles. The zero-order chi connectivity index (χ0) is 16.8. The minimum atomic E-state index is 0.723. The first-order chi connectivity index (χ1) is 12.3. The third-order valence-electron chi connectivity index (χ3n) is 4.67. The normalized spacial score (nSPS) is 13.3. The fraction of sp³-hybridized carbons (Fsp3) is 0.150. The number of benzene rings is 2. The van der Waals surface area contributed by atoms with Crippen molar-refractivity contribution in [3.8, 4) is 22.5 Å². The van der Waals surface area contributed by atoms with Crippen molar-refractivity contribution in [2.45, 2.75) is 19.4 Å². The SMILES string of the molecule is Clc1cccc(-c2nc3n(c2-c2ccc4nccnc4c2)CCC3)c1. The molecule has 2 aromatic heterocycles. The van der Waals surface area contributed by atoms with Gasteiger partial charge in [0.05, 0.1) is 22.4 Å². The monoisotopic (exact) mass is 346 g/mol. The first-order valence-corrected chi connectivity index (χ1v) is 8.74. The summed E-state index contributed by atoms with van der Waals surface area (Å²) in [5.74, 6) is 1.14. The third kappa shape index (κ3) is 2.41. The van der Waals surface area contributed by atoms with Gasteiger partial charge in [-0.25, -0.2) is 4.98 Å². The van der Waals surface area contributed by atoms with E-state index < -0.39 is 0 Å². The third-order valence-corrected chi connectivity index (χ3v) is 4.90. The zero-order valence-corrected chi connectivity index (χ0v) is 14.2. The van der Waals surface area contributed by atoms with Crippen molar-refractivity contribution >= 4 is 22.6 Å². The first kappa shape index (κ1) is 14.6. The van der Waals surface area contributed by atoms with Gasteiger partial charge >= 0.3 is 0 Å². The molecule has 122 valence electrons. The van der Waals surface area contributed by atoms with E-state index in [0.29, 0.717) is 0 Å². The van der Waals surface area contributed by atoms with Crippen molar-refractivity contribution in [2.24, 2.45) is 0 Å². The average Bonchev–Trinajstić information content (AvgIpc) is 3.22. The molecule has 0 bridgehead atoms. The van der Waals surface area contributed by atoms with Crippen molar-refractivity contribution in [1.29, 1.82) is 0 Å². The molecule has 25 heavy (non-hydrogen) atoms. The Morgan fingerprint density at radius 2 is 1.80 bits per heavy atom. The highest BCUT2D eigenvalue weighted by molar-refractivity contribution is 6.30. The van der Waals surface area contributed by atoms with Gasteiger partial charge in [-0.2, -0.15) is 0 Å². The van der Waals surface area contributed by atoms with Crippen molar-refractivity contribution in [1.82, 2.24) is 19.5 Å². The topological polar surface area (TPSA) is 43.6 Å². The van der Waals surface area contributed by atoms with Crippen LogP contribution in [-0.4, -0.2) is 19.5 Å². The maximum absolute atomic E-state index is 6.21.